The summed E-state index contributed by atoms with van der Waals surface area (Å²) >= 11 is 2.06. The van der Waals surface area contributed by atoms with E-state index in [2.05, 4.69) is 37.7 Å². The Morgan fingerprint density at radius 3 is 2.82 bits per heavy atom. The standard InChI is InChI=1S/C15H23NS/c1-3-12-7-4-5-9-15(12)17-14-10-6-8-13(16)11(14)2/h6,8,10,12,15H,3-5,7,9,16H2,1-2H3. The minimum absolute atomic E-state index is 0.800. The maximum Gasteiger partial charge on any atom is 0.0354 e. The first kappa shape index (κ1) is 12.8. The Morgan fingerprint density at radius 1 is 1.29 bits per heavy atom. The van der Waals surface area contributed by atoms with Crippen LogP contribution in [0.1, 0.15) is 44.6 Å². The molecule has 2 heteroatoms. The molecule has 1 fully saturated rings. The molecule has 0 aliphatic heterocycles. The Kier molecular flexibility index (Phi) is 4.38. The number of nitrogen functional groups attached to an aromatic ring is 1. The second kappa shape index (κ2) is 5.81. The van der Waals surface area contributed by atoms with Crippen molar-refractivity contribution in [3.8, 4) is 0 Å². The van der Waals surface area contributed by atoms with Gasteiger partial charge in [-0.15, -0.1) is 11.8 Å². The number of anilines is 1. The van der Waals surface area contributed by atoms with E-state index < -0.39 is 0 Å². The van der Waals surface area contributed by atoms with E-state index in [4.69, 9.17) is 5.73 Å². The SMILES string of the molecule is CCC1CCCCC1Sc1cccc(N)c1C. The van der Waals surface area contributed by atoms with Gasteiger partial charge in [0.25, 0.3) is 0 Å². The van der Waals surface area contributed by atoms with Crippen LogP contribution in [-0.2, 0) is 0 Å². The summed E-state index contributed by atoms with van der Waals surface area (Å²) in [5.74, 6) is 0.898. The molecule has 0 spiro atoms. The highest BCUT2D eigenvalue weighted by Gasteiger charge is 2.24. The van der Waals surface area contributed by atoms with Gasteiger partial charge in [-0.2, -0.15) is 0 Å². The summed E-state index contributed by atoms with van der Waals surface area (Å²) in [6.45, 7) is 4.47. The number of benzene rings is 1. The van der Waals surface area contributed by atoms with Crippen LogP contribution in [0.4, 0.5) is 5.69 Å². The summed E-state index contributed by atoms with van der Waals surface area (Å²) in [5.41, 5.74) is 8.17. The van der Waals surface area contributed by atoms with Gasteiger partial charge in [0.2, 0.25) is 0 Å². The molecular formula is C15H23NS. The molecule has 2 rings (SSSR count). The highest BCUT2D eigenvalue weighted by Crippen LogP contribution is 2.40. The normalized spacial score (nSPS) is 24.8. The molecule has 1 aromatic carbocycles. The minimum atomic E-state index is 0.800. The number of thioether (sulfide) groups is 1. The van der Waals surface area contributed by atoms with Crippen molar-refractivity contribution in [2.75, 3.05) is 5.73 Å². The lowest BCUT2D eigenvalue weighted by Crippen LogP contribution is -2.21. The molecule has 1 saturated carbocycles. The van der Waals surface area contributed by atoms with Crippen molar-refractivity contribution in [1.29, 1.82) is 0 Å². The van der Waals surface area contributed by atoms with E-state index in [1.54, 1.807) is 0 Å². The molecule has 2 unspecified atom stereocenters. The lowest BCUT2D eigenvalue weighted by atomic mass is 9.87. The van der Waals surface area contributed by atoms with Gasteiger partial charge >= 0.3 is 0 Å². The number of hydrogen-bond acceptors (Lipinski definition) is 2. The van der Waals surface area contributed by atoms with Gasteiger partial charge in [0.1, 0.15) is 0 Å². The van der Waals surface area contributed by atoms with Crippen LogP contribution in [0.2, 0.25) is 0 Å². The quantitative estimate of drug-likeness (QED) is 0.790. The van der Waals surface area contributed by atoms with Crippen molar-refractivity contribution < 1.29 is 0 Å². The fourth-order valence-corrected chi connectivity index (χ4v) is 4.30. The van der Waals surface area contributed by atoms with E-state index in [0.717, 1.165) is 16.9 Å². The summed E-state index contributed by atoms with van der Waals surface area (Å²) in [6.07, 6.45) is 6.92. The third kappa shape index (κ3) is 2.98. The van der Waals surface area contributed by atoms with Crippen LogP contribution in [0.3, 0.4) is 0 Å². The zero-order valence-electron chi connectivity index (χ0n) is 10.9. The Morgan fingerprint density at radius 2 is 2.06 bits per heavy atom. The number of nitrogens with two attached hydrogens (primary N) is 1. The zero-order valence-corrected chi connectivity index (χ0v) is 11.7. The summed E-state index contributed by atoms with van der Waals surface area (Å²) < 4.78 is 0. The molecule has 1 nitrogen and oxygen atoms in total. The monoisotopic (exact) mass is 249 g/mol. The molecule has 0 radical (unpaired) electrons. The van der Waals surface area contributed by atoms with Crippen molar-refractivity contribution >= 4 is 17.4 Å². The van der Waals surface area contributed by atoms with E-state index in [0.29, 0.717) is 0 Å². The highest BCUT2D eigenvalue weighted by atomic mass is 32.2. The molecular weight excluding hydrogens is 226 g/mol. The molecule has 2 N–H and O–H groups in total. The van der Waals surface area contributed by atoms with E-state index in [1.165, 1.54) is 42.6 Å². The van der Waals surface area contributed by atoms with Crippen LogP contribution in [0.15, 0.2) is 23.1 Å². The minimum Gasteiger partial charge on any atom is -0.398 e. The fourth-order valence-electron chi connectivity index (χ4n) is 2.72. The molecule has 17 heavy (non-hydrogen) atoms. The molecule has 0 saturated heterocycles. The van der Waals surface area contributed by atoms with Crippen LogP contribution >= 0.6 is 11.8 Å². The van der Waals surface area contributed by atoms with E-state index >= 15 is 0 Å². The van der Waals surface area contributed by atoms with Crippen LogP contribution in [0.5, 0.6) is 0 Å². The van der Waals surface area contributed by atoms with Crippen LogP contribution in [0, 0.1) is 12.8 Å². The van der Waals surface area contributed by atoms with Crippen molar-refractivity contribution in [3.63, 3.8) is 0 Å². The maximum absolute atomic E-state index is 5.98. The average molecular weight is 249 g/mol. The third-order valence-corrected chi connectivity index (χ3v) is 5.59. The van der Waals surface area contributed by atoms with Gasteiger partial charge in [0.15, 0.2) is 0 Å². The van der Waals surface area contributed by atoms with Crippen molar-refractivity contribution in [2.24, 2.45) is 5.92 Å². The Labute approximate surface area is 109 Å². The lowest BCUT2D eigenvalue weighted by Gasteiger charge is -2.30. The lowest BCUT2D eigenvalue weighted by molar-refractivity contribution is 0.361. The molecule has 0 aromatic heterocycles. The highest BCUT2D eigenvalue weighted by molar-refractivity contribution is 8.00. The predicted octanol–water partition coefficient (Wildman–Crippen LogP) is 4.64. The first-order valence-corrected chi connectivity index (χ1v) is 7.62. The van der Waals surface area contributed by atoms with Gasteiger partial charge in [0, 0.05) is 15.8 Å². The third-order valence-electron chi connectivity index (χ3n) is 3.97. The van der Waals surface area contributed by atoms with Gasteiger partial charge < -0.3 is 5.73 Å². The largest absolute Gasteiger partial charge is 0.398 e. The van der Waals surface area contributed by atoms with Gasteiger partial charge in [0.05, 0.1) is 0 Å². The van der Waals surface area contributed by atoms with Gasteiger partial charge in [-0.25, -0.2) is 0 Å². The molecule has 1 aliphatic rings. The molecule has 1 aliphatic carbocycles. The Balaban J connectivity index is 2.11. The first-order valence-electron chi connectivity index (χ1n) is 6.74. The predicted molar refractivity (Wildman–Crippen MR) is 77.5 cm³/mol. The van der Waals surface area contributed by atoms with Crippen molar-refractivity contribution in [1.82, 2.24) is 0 Å². The molecule has 2 atom stereocenters. The van der Waals surface area contributed by atoms with Crippen LogP contribution in [-0.4, -0.2) is 5.25 Å². The fraction of sp³-hybridized carbons (Fsp3) is 0.600. The number of hydrogen-bond donors (Lipinski definition) is 1. The van der Waals surface area contributed by atoms with Crippen molar-refractivity contribution in [3.05, 3.63) is 23.8 Å². The van der Waals surface area contributed by atoms with Gasteiger partial charge in [-0.05, 0) is 43.4 Å². The topological polar surface area (TPSA) is 26.0 Å². The first-order chi connectivity index (χ1) is 8.22. The molecule has 1 aromatic rings. The maximum atomic E-state index is 5.98. The number of rotatable bonds is 3. The van der Waals surface area contributed by atoms with Crippen molar-refractivity contribution in [2.45, 2.75) is 56.1 Å². The molecule has 94 valence electrons. The van der Waals surface area contributed by atoms with Crippen LogP contribution < -0.4 is 5.73 Å². The van der Waals surface area contributed by atoms with Gasteiger partial charge in [-0.3, -0.25) is 0 Å². The summed E-state index contributed by atoms with van der Waals surface area (Å²) in [6, 6.07) is 6.30. The molecule has 0 amide bonds. The summed E-state index contributed by atoms with van der Waals surface area (Å²) in [4.78, 5) is 1.38. The zero-order chi connectivity index (χ0) is 12.3. The molecule has 0 heterocycles. The van der Waals surface area contributed by atoms with E-state index in [1.807, 2.05) is 6.07 Å². The van der Waals surface area contributed by atoms with E-state index in [-0.39, 0.29) is 0 Å². The summed E-state index contributed by atoms with van der Waals surface area (Å²) in [5, 5.41) is 0.800. The van der Waals surface area contributed by atoms with Crippen LogP contribution in [0.25, 0.3) is 0 Å². The van der Waals surface area contributed by atoms with E-state index in [9.17, 15) is 0 Å². The van der Waals surface area contributed by atoms with Gasteiger partial charge in [-0.1, -0.05) is 32.3 Å². The Bertz CT molecular complexity index is 375. The second-order valence-electron chi connectivity index (χ2n) is 5.08. The Hall–Kier alpha value is -0.630. The smallest absolute Gasteiger partial charge is 0.0354 e. The summed E-state index contributed by atoms with van der Waals surface area (Å²) in [7, 11) is 0. The second-order valence-corrected chi connectivity index (χ2v) is 6.36. The molecule has 0 bridgehead atoms. The average Bonchev–Trinajstić information content (AvgIpc) is 2.35.